The maximum Gasteiger partial charge on any atom is 0.306 e. The number of carboxylic acid groups (broad SMARTS) is 1. The van der Waals surface area contributed by atoms with Crippen LogP contribution in [0.3, 0.4) is 0 Å². The molecule has 0 bridgehead atoms. The first-order valence-corrected chi connectivity index (χ1v) is 4.39. The van der Waals surface area contributed by atoms with E-state index in [9.17, 15) is 4.79 Å². The Bertz CT molecular complexity index is 145. The zero-order valence-corrected chi connectivity index (χ0v) is 8.29. The van der Waals surface area contributed by atoms with Crippen molar-refractivity contribution in [1.82, 2.24) is 5.32 Å². The molecular formula is C9H19NO2. The van der Waals surface area contributed by atoms with E-state index in [0.717, 1.165) is 0 Å². The van der Waals surface area contributed by atoms with Crippen molar-refractivity contribution in [3.05, 3.63) is 0 Å². The van der Waals surface area contributed by atoms with E-state index in [1.165, 1.54) is 0 Å². The predicted molar refractivity (Wildman–Crippen MR) is 49.1 cm³/mol. The standard InChI is InChI=1S/C9H19NO2/c1-6(2)8(10-4)5-7(3)9(11)12/h6-8,10H,5H2,1-4H3,(H,11,12). The Hall–Kier alpha value is -0.570. The smallest absolute Gasteiger partial charge is 0.306 e. The van der Waals surface area contributed by atoms with Gasteiger partial charge >= 0.3 is 5.97 Å². The molecule has 0 aliphatic heterocycles. The third kappa shape index (κ3) is 3.72. The van der Waals surface area contributed by atoms with Gasteiger partial charge in [0.15, 0.2) is 0 Å². The summed E-state index contributed by atoms with van der Waals surface area (Å²) in [6.07, 6.45) is 0.698. The van der Waals surface area contributed by atoms with Gasteiger partial charge in [-0.1, -0.05) is 20.8 Å². The van der Waals surface area contributed by atoms with E-state index >= 15 is 0 Å². The van der Waals surface area contributed by atoms with Crippen LogP contribution in [-0.2, 0) is 4.79 Å². The fourth-order valence-corrected chi connectivity index (χ4v) is 1.21. The number of carboxylic acids is 1. The van der Waals surface area contributed by atoms with Crippen LogP contribution < -0.4 is 5.32 Å². The summed E-state index contributed by atoms with van der Waals surface area (Å²) in [7, 11) is 1.87. The van der Waals surface area contributed by atoms with Gasteiger partial charge in [0.1, 0.15) is 0 Å². The second kappa shape index (κ2) is 5.14. The van der Waals surface area contributed by atoms with Crippen molar-refractivity contribution in [1.29, 1.82) is 0 Å². The maximum absolute atomic E-state index is 10.5. The van der Waals surface area contributed by atoms with Gasteiger partial charge in [-0.3, -0.25) is 4.79 Å². The van der Waals surface area contributed by atoms with Gasteiger partial charge in [-0.15, -0.1) is 0 Å². The van der Waals surface area contributed by atoms with Crippen LogP contribution in [0, 0.1) is 11.8 Å². The number of rotatable bonds is 5. The molecule has 0 spiro atoms. The van der Waals surface area contributed by atoms with E-state index in [-0.39, 0.29) is 5.92 Å². The molecule has 0 rings (SSSR count). The molecule has 0 radical (unpaired) electrons. The highest BCUT2D eigenvalue weighted by molar-refractivity contribution is 5.69. The summed E-state index contributed by atoms with van der Waals surface area (Å²) in [6.45, 7) is 5.93. The van der Waals surface area contributed by atoms with Gasteiger partial charge in [0.05, 0.1) is 5.92 Å². The second-order valence-corrected chi connectivity index (χ2v) is 3.61. The highest BCUT2D eigenvalue weighted by atomic mass is 16.4. The number of nitrogens with one attached hydrogen (secondary N) is 1. The van der Waals surface area contributed by atoms with Gasteiger partial charge in [0.2, 0.25) is 0 Å². The first-order valence-electron chi connectivity index (χ1n) is 4.39. The third-order valence-electron chi connectivity index (χ3n) is 2.20. The van der Waals surface area contributed by atoms with Crippen LogP contribution in [0.5, 0.6) is 0 Å². The van der Waals surface area contributed by atoms with Gasteiger partial charge in [-0.2, -0.15) is 0 Å². The molecule has 0 fully saturated rings. The molecule has 2 N–H and O–H groups in total. The summed E-state index contributed by atoms with van der Waals surface area (Å²) < 4.78 is 0. The molecule has 0 amide bonds. The average molecular weight is 173 g/mol. The zero-order valence-electron chi connectivity index (χ0n) is 8.29. The quantitative estimate of drug-likeness (QED) is 0.659. The molecule has 0 saturated carbocycles. The second-order valence-electron chi connectivity index (χ2n) is 3.61. The van der Waals surface area contributed by atoms with Crippen LogP contribution in [0.1, 0.15) is 27.2 Å². The summed E-state index contributed by atoms with van der Waals surface area (Å²) in [5, 5.41) is 11.8. The molecular weight excluding hydrogens is 154 g/mol. The van der Waals surface area contributed by atoms with Gasteiger partial charge in [0.25, 0.3) is 0 Å². The molecule has 0 aliphatic carbocycles. The first kappa shape index (κ1) is 11.4. The number of aliphatic carboxylic acids is 1. The maximum atomic E-state index is 10.5. The molecule has 2 atom stereocenters. The fraction of sp³-hybridized carbons (Fsp3) is 0.889. The Labute approximate surface area is 74.2 Å². The van der Waals surface area contributed by atoms with E-state index in [1.807, 2.05) is 7.05 Å². The van der Waals surface area contributed by atoms with Gasteiger partial charge < -0.3 is 10.4 Å². The van der Waals surface area contributed by atoms with Crippen molar-refractivity contribution in [3.8, 4) is 0 Å². The summed E-state index contributed by atoms with van der Waals surface area (Å²) >= 11 is 0. The monoisotopic (exact) mass is 173 g/mol. The molecule has 0 aromatic carbocycles. The van der Waals surface area contributed by atoms with E-state index in [4.69, 9.17) is 5.11 Å². The van der Waals surface area contributed by atoms with Gasteiger partial charge in [-0.05, 0) is 19.4 Å². The molecule has 0 saturated heterocycles. The Morgan fingerprint density at radius 3 is 2.17 bits per heavy atom. The Balaban J connectivity index is 3.93. The van der Waals surface area contributed by atoms with Crippen LogP contribution in [0.25, 0.3) is 0 Å². The van der Waals surface area contributed by atoms with E-state index < -0.39 is 5.97 Å². The molecule has 0 heterocycles. The highest BCUT2D eigenvalue weighted by Gasteiger charge is 2.18. The minimum Gasteiger partial charge on any atom is -0.481 e. The van der Waals surface area contributed by atoms with Crippen molar-refractivity contribution < 1.29 is 9.90 Å². The lowest BCUT2D eigenvalue weighted by atomic mass is 9.94. The molecule has 3 nitrogen and oxygen atoms in total. The number of hydrogen-bond acceptors (Lipinski definition) is 2. The molecule has 3 heteroatoms. The summed E-state index contributed by atoms with van der Waals surface area (Å²) in [4.78, 5) is 10.5. The fourth-order valence-electron chi connectivity index (χ4n) is 1.21. The average Bonchev–Trinajstić information content (AvgIpc) is 1.98. The topological polar surface area (TPSA) is 49.3 Å². The van der Waals surface area contributed by atoms with Crippen molar-refractivity contribution in [2.24, 2.45) is 11.8 Å². The third-order valence-corrected chi connectivity index (χ3v) is 2.20. The Morgan fingerprint density at radius 2 is 1.92 bits per heavy atom. The van der Waals surface area contributed by atoms with E-state index in [0.29, 0.717) is 18.4 Å². The van der Waals surface area contributed by atoms with Crippen molar-refractivity contribution >= 4 is 5.97 Å². The Kier molecular flexibility index (Phi) is 4.90. The highest BCUT2D eigenvalue weighted by Crippen LogP contribution is 2.12. The van der Waals surface area contributed by atoms with Crippen molar-refractivity contribution in [2.75, 3.05) is 7.05 Å². The van der Waals surface area contributed by atoms with Crippen molar-refractivity contribution in [3.63, 3.8) is 0 Å². The molecule has 0 aromatic heterocycles. The lowest BCUT2D eigenvalue weighted by Gasteiger charge is -2.21. The van der Waals surface area contributed by atoms with E-state index in [1.54, 1.807) is 6.92 Å². The summed E-state index contributed by atoms with van der Waals surface area (Å²) in [5.41, 5.74) is 0. The van der Waals surface area contributed by atoms with Gasteiger partial charge in [0, 0.05) is 6.04 Å². The molecule has 12 heavy (non-hydrogen) atoms. The molecule has 72 valence electrons. The SMILES string of the molecule is CNC(CC(C)C(=O)O)C(C)C. The van der Waals surface area contributed by atoms with Crippen molar-refractivity contribution in [2.45, 2.75) is 33.2 Å². The molecule has 0 aliphatic rings. The zero-order chi connectivity index (χ0) is 9.72. The van der Waals surface area contributed by atoms with Gasteiger partial charge in [-0.25, -0.2) is 0 Å². The molecule has 2 unspecified atom stereocenters. The first-order chi connectivity index (χ1) is 5.49. The number of hydrogen-bond donors (Lipinski definition) is 2. The lowest BCUT2D eigenvalue weighted by molar-refractivity contribution is -0.141. The Morgan fingerprint density at radius 1 is 1.42 bits per heavy atom. The van der Waals surface area contributed by atoms with E-state index in [2.05, 4.69) is 19.2 Å². The van der Waals surface area contributed by atoms with Crippen LogP contribution in [-0.4, -0.2) is 24.2 Å². The summed E-state index contributed by atoms with van der Waals surface area (Å²) in [6, 6.07) is 0.302. The van der Waals surface area contributed by atoms with Crippen LogP contribution in [0.4, 0.5) is 0 Å². The normalized spacial score (nSPS) is 16.1. The minimum atomic E-state index is -0.712. The number of carbonyl (C=O) groups is 1. The lowest BCUT2D eigenvalue weighted by Crippen LogP contribution is -2.33. The molecule has 0 aromatic rings. The summed E-state index contributed by atoms with van der Waals surface area (Å²) in [5.74, 6) is -0.488. The largest absolute Gasteiger partial charge is 0.481 e. The predicted octanol–water partition coefficient (Wildman–Crippen LogP) is 1.34. The van der Waals surface area contributed by atoms with Crippen LogP contribution in [0.2, 0.25) is 0 Å². The van der Waals surface area contributed by atoms with Crippen LogP contribution >= 0.6 is 0 Å². The minimum absolute atomic E-state index is 0.259. The van der Waals surface area contributed by atoms with Crippen LogP contribution in [0.15, 0.2) is 0 Å².